The highest BCUT2D eigenvalue weighted by molar-refractivity contribution is 9.10. The molecule has 0 aliphatic carbocycles. The second-order valence-electron chi connectivity index (χ2n) is 4.85. The van der Waals surface area contributed by atoms with Gasteiger partial charge in [-0.05, 0) is 28.5 Å². The molecule has 0 saturated carbocycles. The van der Waals surface area contributed by atoms with Gasteiger partial charge >= 0.3 is 0 Å². The molecule has 1 aliphatic heterocycles. The highest BCUT2D eigenvalue weighted by Crippen LogP contribution is 2.28. The van der Waals surface area contributed by atoms with Gasteiger partial charge in [-0.15, -0.1) is 11.3 Å². The molecular formula is C14H15BrN4OS. The van der Waals surface area contributed by atoms with Gasteiger partial charge in [0.05, 0.1) is 11.3 Å². The van der Waals surface area contributed by atoms with Crippen LogP contribution in [0.3, 0.4) is 0 Å². The maximum absolute atomic E-state index is 12.2. The molecule has 7 heteroatoms. The van der Waals surface area contributed by atoms with Gasteiger partial charge in [-0.2, -0.15) is 0 Å². The minimum Gasteiger partial charge on any atom is -0.298 e. The fourth-order valence-corrected chi connectivity index (χ4v) is 3.69. The normalized spacial score (nSPS) is 14.8. The Morgan fingerprint density at radius 1 is 1.52 bits per heavy atom. The van der Waals surface area contributed by atoms with Crippen LogP contribution in [0, 0.1) is 0 Å². The molecule has 0 radical (unpaired) electrons. The zero-order valence-electron chi connectivity index (χ0n) is 11.6. The van der Waals surface area contributed by atoms with Crippen LogP contribution >= 0.6 is 27.3 Å². The molecule has 2 aromatic heterocycles. The lowest BCUT2D eigenvalue weighted by molar-refractivity contribution is 0.102. The zero-order chi connectivity index (χ0) is 14.8. The first kappa shape index (κ1) is 14.6. The third-order valence-corrected chi connectivity index (χ3v) is 4.88. The smallest absolute Gasteiger partial charge is 0.259 e. The Hall–Kier alpha value is -1.31. The fraction of sp³-hybridized carbons (Fsp3) is 0.357. The molecular weight excluding hydrogens is 352 g/mol. The molecule has 0 bridgehead atoms. The van der Waals surface area contributed by atoms with Crippen LogP contribution in [-0.2, 0) is 13.0 Å². The summed E-state index contributed by atoms with van der Waals surface area (Å²) in [7, 11) is 0. The van der Waals surface area contributed by atoms with Gasteiger partial charge in [0.15, 0.2) is 5.13 Å². The lowest BCUT2D eigenvalue weighted by Crippen LogP contribution is -2.29. The number of hydrogen-bond donors (Lipinski definition) is 1. The van der Waals surface area contributed by atoms with Gasteiger partial charge in [-0.3, -0.25) is 20.0 Å². The largest absolute Gasteiger partial charge is 0.298 e. The molecule has 0 unspecified atom stereocenters. The Morgan fingerprint density at radius 3 is 3.14 bits per heavy atom. The highest BCUT2D eigenvalue weighted by Gasteiger charge is 2.20. The molecule has 110 valence electrons. The van der Waals surface area contributed by atoms with Crippen molar-refractivity contribution in [1.82, 2.24) is 14.9 Å². The summed E-state index contributed by atoms with van der Waals surface area (Å²) in [6.45, 7) is 5.17. The van der Waals surface area contributed by atoms with E-state index >= 15 is 0 Å². The van der Waals surface area contributed by atoms with Crippen molar-refractivity contribution in [2.45, 2.75) is 19.9 Å². The molecule has 2 aromatic rings. The third-order valence-electron chi connectivity index (χ3n) is 3.45. The number of carbonyl (C=O) groups is 1. The minimum absolute atomic E-state index is 0.178. The molecule has 5 nitrogen and oxygen atoms in total. The van der Waals surface area contributed by atoms with E-state index in [-0.39, 0.29) is 5.91 Å². The first-order valence-electron chi connectivity index (χ1n) is 6.78. The van der Waals surface area contributed by atoms with Crippen LogP contribution in [0.25, 0.3) is 0 Å². The van der Waals surface area contributed by atoms with Crippen LogP contribution in [0.5, 0.6) is 0 Å². The predicted molar refractivity (Wildman–Crippen MR) is 86.7 cm³/mol. The standard InChI is InChI=1S/C14H15BrN4OS/c1-2-19-4-3-11-12(8-19)21-14(17-11)18-13(20)9-5-10(15)7-16-6-9/h5-7H,2-4,8H2,1H3,(H,17,18,20). The fourth-order valence-electron chi connectivity index (χ4n) is 2.28. The van der Waals surface area contributed by atoms with Crippen molar-refractivity contribution in [3.8, 4) is 0 Å². The molecule has 1 aliphatic rings. The average Bonchev–Trinajstić information content (AvgIpc) is 2.88. The topological polar surface area (TPSA) is 58.1 Å². The van der Waals surface area contributed by atoms with E-state index in [9.17, 15) is 4.79 Å². The molecule has 3 heterocycles. The van der Waals surface area contributed by atoms with Crippen LogP contribution in [0.15, 0.2) is 22.9 Å². The summed E-state index contributed by atoms with van der Waals surface area (Å²) in [6, 6.07) is 1.74. The van der Waals surface area contributed by atoms with Crippen molar-refractivity contribution in [3.63, 3.8) is 0 Å². The summed E-state index contributed by atoms with van der Waals surface area (Å²) in [5.41, 5.74) is 1.64. The van der Waals surface area contributed by atoms with Gasteiger partial charge in [0.1, 0.15) is 0 Å². The van der Waals surface area contributed by atoms with Crippen molar-refractivity contribution < 1.29 is 4.79 Å². The number of likely N-dealkylation sites (N-methyl/N-ethyl adjacent to an activating group) is 1. The number of halogens is 1. The van der Waals surface area contributed by atoms with Crippen LogP contribution in [0.1, 0.15) is 27.9 Å². The zero-order valence-corrected chi connectivity index (χ0v) is 14.0. The number of rotatable bonds is 3. The first-order valence-corrected chi connectivity index (χ1v) is 8.39. The van der Waals surface area contributed by atoms with E-state index in [1.165, 1.54) is 4.88 Å². The quantitative estimate of drug-likeness (QED) is 0.906. The number of thiazole rings is 1. The lowest BCUT2D eigenvalue weighted by Gasteiger charge is -2.23. The van der Waals surface area contributed by atoms with Gasteiger partial charge in [-0.1, -0.05) is 6.92 Å². The molecule has 1 amide bonds. The third kappa shape index (κ3) is 3.30. The number of fused-ring (bicyclic) bond motifs is 1. The van der Waals surface area contributed by atoms with Gasteiger partial charge in [-0.25, -0.2) is 4.98 Å². The van der Waals surface area contributed by atoms with E-state index in [1.54, 1.807) is 29.8 Å². The Balaban J connectivity index is 1.74. The van der Waals surface area contributed by atoms with E-state index in [0.29, 0.717) is 10.7 Å². The van der Waals surface area contributed by atoms with Crippen molar-refractivity contribution in [2.24, 2.45) is 0 Å². The number of carbonyl (C=O) groups excluding carboxylic acids is 1. The second-order valence-corrected chi connectivity index (χ2v) is 6.85. The van der Waals surface area contributed by atoms with Crippen molar-refractivity contribution in [1.29, 1.82) is 0 Å². The number of aromatic nitrogens is 2. The number of hydrogen-bond acceptors (Lipinski definition) is 5. The minimum atomic E-state index is -0.178. The van der Waals surface area contributed by atoms with E-state index < -0.39 is 0 Å². The van der Waals surface area contributed by atoms with Gasteiger partial charge in [0.2, 0.25) is 0 Å². The maximum Gasteiger partial charge on any atom is 0.259 e. The number of nitrogens with one attached hydrogen (secondary N) is 1. The van der Waals surface area contributed by atoms with Crippen molar-refractivity contribution >= 4 is 38.3 Å². The van der Waals surface area contributed by atoms with Crippen molar-refractivity contribution in [2.75, 3.05) is 18.4 Å². The van der Waals surface area contributed by atoms with Gasteiger partial charge in [0, 0.05) is 41.3 Å². The van der Waals surface area contributed by atoms with Crippen LogP contribution < -0.4 is 5.32 Å². The van der Waals surface area contributed by atoms with Crippen molar-refractivity contribution in [3.05, 3.63) is 39.1 Å². The van der Waals surface area contributed by atoms with E-state index in [2.05, 4.69) is 43.0 Å². The number of amides is 1. The van der Waals surface area contributed by atoms with E-state index in [1.807, 2.05) is 0 Å². The summed E-state index contributed by atoms with van der Waals surface area (Å²) in [4.78, 5) is 24.4. The average molecular weight is 367 g/mol. The Bertz CT molecular complexity index is 673. The Labute approximate surface area is 135 Å². The monoisotopic (exact) mass is 366 g/mol. The van der Waals surface area contributed by atoms with Gasteiger partial charge in [0.25, 0.3) is 5.91 Å². The molecule has 0 atom stereocenters. The molecule has 21 heavy (non-hydrogen) atoms. The number of nitrogens with zero attached hydrogens (tertiary/aromatic N) is 3. The first-order chi connectivity index (χ1) is 10.2. The summed E-state index contributed by atoms with van der Waals surface area (Å²) < 4.78 is 0.784. The maximum atomic E-state index is 12.2. The van der Waals surface area contributed by atoms with Crippen LogP contribution in [-0.4, -0.2) is 33.9 Å². The van der Waals surface area contributed by atoms with Gasteiger partial charge < -0.3 is 0 Å². The molecule has 0 aromatic carbocycles. The lowest BCUT2D eigenvalue weighted by atomic mass is 10.2. The van der Waals surface area contributed by atoms with Crippen LogP contribution in [0.2, 0.25) is 0 Å². The molecule has 3 rings (SSSR count). The second kappa shape index (κ2) is 6.21. The highest BCUT2D eigenvalue weighted by atomic mass is 79.9. The molecule has 0 spiro atoms. The summed E-state index contributed by atoms with van der Waals surface area (Å²) in [5, 5.41) is 3.53. The van der Waals surface area contributed by atoms with Crippen LogP contribution in [0.4, 0.5) is 5.13 Å². The SMILES string of the molecule is CCN1CCc2nc(NC(=O)c3cncc(Br)c3)sc2C1. The molecule has 0 saturated heterocycles. The summed E-state index contributed by atoms with van der Waals surface area (Å²) >= 11 is 4.88. The number of anilines is 1. The Morgan fingerprint density at radius 2 is 2.38 bits per heavy atom. The number of pyridine rings is 1. The summed E-state index contributed by atoms with van der Waals surface area (Å²) in [5.74, 6) is -0.178. The van der Waals surface area contributed by atoms with E-state index in [0.717, 1.165) is 36.2 Å². The summed E-state index contributed by atoms with van der Waals surface area (Å²) in [6.07, 6.45) is 4.15. The Kier molecular flexibility index (Phi) is 4.32. The van der Waals surface area contributed by atoms with E-state index in [4.69, 9.17) is 0 Å². The molecule has 1 N–H and O–H groups in total. The molecule has 0 fully saturated rings. The predicted octanol–water partition coefficient (Wildman–Crippen LogP) is 2.93.